The highest BCUT2D eigenvalue weighted by atomic mass is 35.5. The van der Waals surface area contributed by atoms with Gasteiger partial charge in [-0.2, -0.15) is 5.26 Å². The highest BCUT2D eigenvalue weighted by molar-refractivity contribution is 7.16. The first-order valence-electron chi connectivity index (χ1n) is 7.33. The molecule has 128 valence electrons. The molecule has 0 aliphatic rings. The lowest BCUT2D eigenvalue weighted by Gasteiger charge is -2.20. The van der Waals surface area contributed by atoms with E-state index in [0.29, 0.717) is 23.0 Å². The summed E-state index contributed by atoms with van der Waals surface area (Å²) in [7, 11) is 0. The van der Waals surface area contributed by atoms with Crippen molar-refractivity contribution in [2.24, 2.45) is 0 Å². The van der Waals surface area contributed by atoms with Crippen molar-refractivity contribution in [1.29, 1.82) is 5.26 Å². The van der Waals surface area contributed by atoms with E-state index in [-0.39, 0.29) is 18.1 Å². The van der Waals surface area contributed by atoms with Gasteiger partial charge in [-0.05, 0) is 36.4 Å². The van der Waals surface area contributed by atoms with E-state index in [1.54, 1.807) is 12.1 Å². The number of amides is 1. The van der Waals surface area contributed by atoms with E-state index in [0.717, 1.165) is 4.88 Å². The minimum atomic E-state index is -0.615. The molecule has 1 amide bonds. The fourth-order valence-corrected chi connectivity index (χ4v) is 3.12. The van der Waals surface area contributed by atoms with Gasteiger partial charge >= 0.3 is 5.97 Å². The normalized spacial score (nSPS) is 9.92. The number of hydrogen-bond acceptors (Lipinski definition) is 5. The van der Waals surface area contributed by atoms with Crippen LogP contribution >= 0.6 is 22.9 Å². The highest BCUT2D eigenvalue weighted by Crippen LogP contribution is 2.22. The molecule has 0 saturated heterocycles. The number of esters is 1. The molecule has 0 N–H and O–H groups in total. The van der Waals surface area contributed by atoms with Crippen LogP contribution in [0, 0.1) is 11.3 Å². The Labute approximate surface area is 154 Å². The van der Waals surface area contributed by atoms with E-state index in [2.05, 4.69) is 6.58 Å². The van der Waals surface area contributed by atoms with Crippen LogP contribution in [0.1, 0.15) is 20.8 Å². The number of ether oxygens (including phenoxy) is 1. The molecule has 0 spiro atoms. The van der Waals surface area contributed by atoms with Crippen LogP contribution in [0.2, 0.25) is 4.34 Å². The molecule has 1 heterocycles. The summed E-state index contributed by atoms with van der Waals surface area (Å²) < 4.78 is 5.71. The van der Waals surface area contributed by atoms with Crippen LogP contribution in [0.25, 0.3) is 0 Å². The summed E-state index contributed by atoms with van der Waals surface area (Å²) in [6.07, 6.45) is 1.61. The van der Waals surface area contributed by atoms with Gasteiger partial charge in [-0.1, -0.05) is 17.7 Å². The Hall–Kier alpha value is -2.62. The van der Waals surface area contributed by atoms with Crippen molar-refractivity contribution in [2.45, 2.75) is 6.54 Å². The van der Waals surface area contributed by atoms with E-state index in [1.807, 2.05) is 12.1 Å². The molecule has 25 heavy (non-hydrogen) atoms. The van der Waals surface area contributed by atoms with Crippen LogP contribution in [0.15, 0.2) is 49.1 Å². The summed E-state index contributed by atoms with van der Waals surface area (Å²) in [6, 6.07) is 11.6. The van der Waals surface area contributed by atoms with Crippen molar-refractivity contribution < 1.29 is 14.3 Å². The van der Waals surface area contributed by atoms with Crippen LogP contribution < -0.4 is 0 Å². The number of nitriles is 1. The van der Waals surface area contributed by atoms with E-state index < -0.39 is 5.97 Å². The minimum absolute atomic E-state index is 0.284. The van der Waals surface area contributed by atoms with E-state index >= 15 is 0 Å². The van der Waals surface area contributed by atoms with Gasteiger partial charge < -0.3 is 9.64 Å². The summed E-state index contributed by atoms with van der Waals surface area (Å²) in [5.41, 5.74) is 0.728. The molecular weight excluding hydrogens is 360 g/mol. The lowest BCUT2D eigenvalue weighted by Crippen LogP contribution is -2.34. The number of halogens is 1. The molecule has 0 aliphatic carbocycles. The molecule has 2 rings (SSSR count). The van der Waals surface area contributed by atoms with Crippen LogP contribution in [-0.2, 0) is 16.1 Å². The van der Waals surface area contributed by atoms with Gasteiger partial charge in [-0.25, -0.2) is 4.79 Å². The number of carbonyl (C=O) groups is 2. The van der Waals surface area contributed by atoms with Crippen LogP contribution in [-0.4, -0.2) is 29.9 Å². The van der Waals surface area contributed by atoms with Gasteiger partial charge in [0.1, 0.15) is 0 Å². The topological polar surface area (TPSA) is 70.4 Å². The molecule has 0 radical (unpaired) electrons. The van der Waals surface area contributed by atoms with Gasteiger partial charge in [0.05, 0.1) is 28.1 Å². The number of thiophene rings is 1. The maximum Gasteiger partial charge on any atom is 0.338 e. The standard InChI is InChI=1S/C18H15ClN2O3S/c1-2-9-21(11-15-7-8-16(19)25-15)17(22)12-24-18(23)14-5-3-13(10-20)4-6-14/h2-8H,1,9,11-12H2. The van der Waals surface area contributed by atoms with Gasteiger partial charge in [0, 0.05) is 11.4 Å². The Morgan fingerprint density at radius 2 is 2.00 bits per heavy atom. The molecule has 0 saturated carbocycles. The van der Waals surface area contributed by atoms with Gasteiger partial charge in [0.2, 0.25) is 0 Å². The first kappa shape index (κ1) is 18.7. The Bertz CT molecular complexity index is 808. The SMILES string of the molecule is C=CCN(Cc1ccc(Cl)s1)C(=O)COC(=O)c1ccc(C#N)cc1. The molecule has 1 aromatic carbocycles. The number of nitrogens with zero attached hydrogens (tertiary/aromatic N) is 2. The van der Waals surface area contributed by atoms with Gasteiger partial charge in [0.25, 0.3) is 5.91 Å². The number of hydrogen-bond donors (Lipinski definition) is 0. The molecule has 2 aromatic rings. The zero-order valence-electron chi connectivity index (χ0n) is 13.3. The Kier molecular flexibility index (Phi) is 6.75. The van der Waals surface area contributed by atoms with Crippen molar-refractivity contribution >= 4 is 34.8 Å². The van der Waals surface area contributed by atoms with Crippen molar-refractivity contribution in [3.8, 4) is 6.07 Å². The summed E-state index contributed by atoms with van der Waals surface area (Å²) in [4.78, 5) is 26.7. The molecule has 1 aromatic heterocycles. The second-order valence-corrected chi connectivity index (χ2v) is 6.83. The van der Waals surface area contributed by atoms with E-state index in [1.165, 1.54) is 40.5 Å². The fraction of sp³-hybridized carbons (Fsp3) is 0.167. The van der Waals surface area contributed by atoms with Crippen molar-refractivity contribution in [3.05, 3.63) is 69.4 Å². The zero-order valence-corrected chi connectivity index (χ0v) is 14.8. The van der Waals surface area contributed by atoms with E-state index in [9.17, 15) is 9.59 Å². The maximum absolute atomic E-state index is 12.3. The predicted molar refractivity (Wildman–Crippen MR) is 96.4 cm³/mol. The predicted octanol–water partition coefficient (Wildman–Crippen LogP) is 3.64. The summed E-state index contributed by atoms with van der Waals surface area (Å²) in [5, 5.41) is 8.75. The number of benzene rings is 1. The van der Waals surface area contributed by atoms with Gasteiger partial charge in [-0.3, -0.25) is 4.79 Å². The van der Waals surface area contributed by atoms with Crippen molar-refractivity contribution in [3.63, 3.8) is 0 Å². The highest BCUT2D eigenvalue weighted by Gasteiger charge is 2.17. The molecule has 5 nitrogen and oxygen atoms in total. The molecule has 0 aliphatic heterocycles. The van der Waals surface area contributed by atoms with Crippen LogP contribution in [0.5, 0.6) is 0 Å². The Morgan fingerprint density at radius 1 is 1.28 bits per heavy atom. The van der Waals surface area contributed by atoms with E-state index in [4.69, 9.17) is 21.6 Å². The summed E-state index contributed by atoms with van der Waals surface area (Å²) in [5.74, 6) is -0.943. The second kappa shape index (κ2) is 9.02. The average molecular weight is 375 g/mol. The molecule has 0 unspecified atom stereocenters. The quantitative estimate of drug-likeness (QED) is 0.548. The second-order valence-electron chi connectivity index (χ2n) is 5.03. The Morgan fingerprint density at radius 3 is 2.56 bits per heavy atom. The monoisotopic (exact) mass is 374 g/mol. The van der Waals surface area contributed by atoms with Gasteiger partial charge in [0.15, 0.2) is 6.61 Å². The first-order chi connectivity index (χ1) is 12.0. The Balaban J connectivity index is 1.94. The third-order valence-electron chi connectivity index (χ3n) is 3.25. The fourth-order valence-electron chi connectivity index (χ4n) is 2.02. The zero-order chi connectivity index (χ0) is 18.2. The van der Waals surface area contributed by atoms with Crippen molar-refractivity contribution in [2.75, 3.05) is 13.2 Å². The van der Waals surface area contributed by atoms with Crippen molar-refractivity contribution in [1.82, 2.24) is 4.90 Å². The number of carbonyl (C=O) groups excluding carboxylic acids is 2. The first-order valence-corrected chi connectivity index (χ1v) is 8.53. The lowest BCUT2D eigenvalue weighted by atomic mass is 10.1. The molecule has 0 fully saturated rings. The maximum atomic E-state index is 12.3. The average Bonchev–Trinajstić information content (AvgIpc) is 3.04. The van der Waals surface area contributed by atoms with Gasteiger partial charge in [-0.15, -0.1) is 17.9 Å². The minimum Gasteiger partial charge on any atom is -0.452 e. The number of rotatable bonds is 7. The molecule has 0 atom stereocenters. The third kappa shape index (κ3) is 5.45. The molecule has 0 bridgehead atoms. The smallest absolute Gasteiger partial charge is 0.338 e. The summed E-state index contributed by atoms with van der Waals surface area (Å²) >= 11 is 7.29. The lowest BCUT2D eigenvalue weighted by molar-refractivity contribution is -0.134. The molecule has 7 heteroatoms. The van der Waals surface area contributed by atoms with Crippen LogP contribution in [0.4, 0.5) is 0 Å². The summed E-state index contributed by atoms with van der Waals surface area (Å²) in [6.45, 7) is 3.98. The third-order valence-corrected chi connectivity index (χ3v) is 4.47. The largest absolute Gasteiger partial charge is 0.452 e. The molecular formula is C18H15ClN2O3S. The van der Waals surface area contributed by atoms with Crippen LogP contribution in [0.3, 0.4) is 0 Å².